The van der Waals surface area contributed by atoms with Gasteiger partial charge in [-0.2, -0.15) is 0 Å². The predicted octanol–water partition coefficient (Wildman–Crippen LogP) is 1.88. The molecule has 0 bridgehead atoms. The van der Waals surface area contributed by atoms with Crippen molar-refractivity contribution in [3.05, 3.63) is 24.3 Å². The van der Waals surface area contributed by atoms with Gasteiger partial charge in [0.15, 0.2) is 0 Å². The zero-order valence-corrected chi connectivity index (χ0v) is 10.6. The van der Waals surface area contributed by atoms with E-state index in [9.17, 15) is 5.11 Å². The summed E-state index contributed by atoms with van der Waals surface area (Å²) < 4.78 is 10.3. The molecule has 0 aliphatic carbocycles. The number of phenols is 1. The summed E-state index contributed by atoms with van der Waals surface area (Å²) in [6.07, 6.45) is 0. The Labute approximate surface area is 103 Å². The first kappa shape index (κ1) is 13.8. The number of methoxy groups -OCH3 is 1. The molecule has 0 unspecified atom stereocenters. The normalized spacial score (nSPS) is 10.5. The van der Waals surface area contributed by atoms with Gasteiger partial charge in [-0.1, -0.05) is 6.07 Å². The lowest BCUT2D eigenvalue weighted by molar-refractivity contribution is 0.0741. The molecule has 17 heavy (non-hydrogen) atoms. The Kier molecular flexibility index (Phi) is 6.43. The molecule has 1 N–H and O–H groups in total. The van der Waals surface area contributed by atoms with E-state index in [1.165, 1.54) is 0 Å². The molecule has 0 heterocycles. The Morgan fingerprint density at radius 2 is 2.06 bits per heavy atom. The maximum absolute atomic E-state index is 9.42. The van der Waals surface area contributed by atoms with Gasteiger partial charge in [0.05, 0.1) is 19.8 Å². The van der Waals surface area contributed by atoms with Gasteiger partial charge in [-0.25, -0.2) is 0 Å². The molecule has 0 aromatic heterocycles. The second-order valence-electron chi connectivity index (χ2n) is 3.70. The summed E-state index contributed by atoms with van der Waals surface area (Å²) in [5.41, 5.74) is 1.02. The van der Waals surface area contributed by atoms with E-state index in [0.717, 1.165) is 18.8 Å². The van der Waals surface area contributed by atoms with Crippen molar-refractivity contribution in [2.75, 3.05) is 44.9 Å². The summed E-state index contributed by atoms with van der Waals surface area (Å²) in [6.45, 7) is 5.68. The number of aromatic hydroxyl groups is 1. The minimum atomic E-state index is 0.293. The number of anilines is 1. The van der Waals surface area contributed by atoms with E-state index in [1.54, 1.807) is 19.2 Å². The van der Waals surface area contributed by atoms with E-state index in [4.69, 9.17) is 9.47 Å². The van der Waals surface area contributed by atoms with Gasteiger partial charge >= 0.3 is 0 Å². The van der Waals surface area contributed by atoms with Crippen LogP contribution in [0.2, 0.25) is 0 Å². The van der Waals surface area contributed by atoms with E-state index >= 15 is 0 Å². The van der Waals surface area contributed by atoms with Gasteiger partial charge in [0, 0.05) is 32.0 Å². The van der Waals surface area contributed by atoms with Gasteiger partial charge in [-0.15, -0.1) is 0 Å². The van der Waals surface area contributed by atoms with Gasteiger partial charge in [0.2, 0.25) is 0 Å². The number of hydrogen-bond donors (Lipinski definition) is 1. The third-order valence-electron chi connectivity index (χ3n) is 2.51. The standard InChI is InChI=1S/C13H21NO3/c1-3-14(7-8-17-10-9-16-2)12-5-4-6-13(15)11-12/h4-6,11,15H,3,7-10H2,1-2H3. The molecular formula is C13H21NO3. The molecular weight excluding hydrogens is 218 g/mol. The summed E-state index contributed by atoms with van der Waals surface area (Å²) in [4.78, 5) is 2.16. The molecule has 1 aromatic carbocycles. The number of ether oxygens (including phenoxy) is 2. The highest BCUT2D eigenvalue weighted by molar-refractivity contribution is 5.50. The smallest absolute Gasteiger partial charge is 0.117 e. The molecule has 0 atom stereocenters. The van der Waals surface area contributed by atoms with Crippen LogP contribution < -0.4 is 4.90 Å². The Morgan fingerprint density at radius 1 is 1.24 bits per heavy atom. The van der Waals surface area contributed by atoms with Crippen LogP contribution in [-0.2, 0) is 9.47 Å². The number of benzene rings is 1. The van der Waals surface area contributed by atoms with Gasteiger partial charge < -0.3 is 19.5 Å². The molecule has 1 rings (SSSR count). The van der Waals surface area contributed by atoms with Gasteiger partial charge in [-0.05, 0) is 19.1 Å². The highest BCUT2D eigenvalue weighted by Gasteiger charge is 2.04. The van der Waals surface area contributed by atoms with Crippen LogP contribution in [0.3, 0.4) is 0 Å². The average molecular weight is 239 g/mol. The molecule has 0 aliphatic rings. The summed E-state index contributed by atoms with van der Waals surface area (Å²) >= 11 is 0. The largest absolute Gasteiger partial charge is 0.508 e. The number of nitrogens with zero attached hydrogens (tertiary/aromatic N) is 1. The van der Waals surface area contributed by atoms with Crippen molar-refractivity contribution in [2.24, 2.45) is 0 Å². The van der Waals surface area contributed by atoms with Crippen molar-refractivity contribution in [3.63, 3.8) is 0 Å². The molecule has 0 spiro atoms. The SMILES string of the molecule is CCN(CCOCCOC)c1cccc(O)c1. The van der Waals surface area contributed by atoms with Crippen molar-refractivity contribution in [2.45, 2.75) is 6.92 Å². The van der Waals surface area contributed by atoms with Crippen molar-refractivity contribution in [1.29, 1.82) is 0 Å². The van der Waals surface area contributed by atoms with Crippen molar-refractivity contribution in [1.82, 2.24) is 0 Å². The van der Waals surface area contributed by atoms with Crippen LogP contribution in [0.25, 0.3) is 0 Å². The topological polar surface area (TPSA) is 41.9 Å². The van der Waals surface area contributed by atoms with Crippen LogP contribution in [0.4, 0.5) is 5.69 Å². The van der Waals surface area contributed by atoms with Crippen LogP contribution in [0.1, 0.15) is 6.92 Å². The Morgan fingerprint density at radius 3 is 2.71 bits per heavy atom. The third-order valence-corrected chi connectivity index (χ3v) is 2.51. The minimum absolute atomic E-state index is 0.293. The number of phenolic OH excluding ortho intramolecular Hbond substituents is 1. The van der Waals surface area contributed by atoms with E-state index in [2.05, 4.69) is 11.8 Å². The summed E-state index contributed by atoms with van der Waals surface area (Å²) in [5.74, 6) is 0.293. The van der Waals surface area contributed by atoms with Crippen LogP contribution >= 0.6 is 0 Å². The average Bonchev–Trinajstić information content (AvgIpc) is 2.34. The number of hydrogen-bond acceptors (Lipinski definition) is 4. The van der Waals surface area contributed by atoms with E-state index in [0.29, 0.717) is 25.6 Å². The summed E-state index contributed by atoms with van der Waals surface area (Å²) in [5, 5.41) is 9.42. The quantitative estimate of drug-likeness (QED) is 0.703. The van der Waals surface area contributed by atoms with Crippen molar-refractivity contribution < 1.29 is 14.6 Å². The van der Waals surface area contributed by atoms with Gasteiger partial charge in [0.1, 0.15) is 5.75 Å². The van der Waals surface area contributed by atoms with E-state index < -0.39 is 0 Å². The minimum Gasteiger partial charge on any atom is -0.508 e. The number of likely N-dealkylation sites (N-methyl/N-ethyl adjacent to an activating group) is 1. The molecule has 0 saturated heterocycles. The van der Waals surface area contributed by atoms with Crippen LogP contribution in [0.5, 0.6) is 5.75 Å². The van der Waals surface area contributed by atoms with E-state index in [-0.39, 0.29) is 0 Å². The lowest BCUT2D eigenvalue weighted by Gasteiger charge is -2.23. The first-order valence-corrected chi connectivity index (χ1v) is 5.88. The maximum Gasteiger partial charge on any atom is 0.117 e. The van der Waals surface area contributed by atoms with Crippen LogP contribution in [0.15, 0.2) is 24.3 Å². The van der Waals surface area contributed by atoms with E-state index in [1.807, 2.05) is 12.1 Å². The first-order chi connectivity index (χ1) is 8.27. The lowest BCUT2D eigenvalue weighted by atomic mass is 10.2. The first-order valence-electron chi connectivity index (χ1n) is 5.88. The van der Waals surface area contributed by atoms with Crippen LogP contribution in [-0.4, -0.2) is 45.1 Å². The molecule has 0 fully saturated rings. The molecule has 1 aromatic rings. The molecule has 4 nitrogen and oxygen atoms in total. The third kappa shape index (κ3) is 5.06. The highest BCUT2D eigenvalue weighted by atomic mass is 16.5. The van der Waals surface area contributed by atoms with Gasteiger partial charge in [0.25, 0.3) is 0 Å². The summed E-state index contributed by atoms with van der Waals surface area (Å²) in [7, 11) is 1.66. The maximum atomic E-state index is 9.42. The van der Waals surface area contributed by atoms with Crippen molar-refractivity contribution >= 4 is 5.69 Å². The Balaban J connectivity index is 2.38. The van der Waals surface area contributed by atoms with Crippen molar-refractivity contribution in [3.8, 4) is 5.75 Å². The second kappa shape index (κ2) is 7.92. The molecule has 96 valence electrons. The molecule has 0 aliphatic heterocycles. The number of rotatable bonds is 8. The zero-order chi connectivity index (χ0) is 12.5. The Bertz CT molecular complexity index is 317. The van der Waals surface area contributed by atoms with Crippen LogP contribution in [0, 0.1) is 0 Å². The monoisotopic (exact) mass is 239 g/mol. The van der Waals surface area contributed by atoms with Gasteiger partial charge in [-0.3, -0.25) is 0 Å². The second-order valence-corrected chi connectivity index (χ2v) is 3.70. The molecule has 0 radical (unpaired) electrons. The molecule has 4 heteroatoms. The Hall–Kier alpha value is -1.26. The summed E-state index contributed by atoms with van der Waals surface area (Å²) in [6, 6.07) is 7.27. The highest BCUT2D eigenvalue weighted by Crippen LogP contribution is 2.19. The fourth-order valence-corrected chi connectivity index (χ4v) is 1.58. The molecule has 0 amide bonds. The fraction of sp³-hybridized carbons (Fsp3) is 0.538. The molecule has 0 saturated carbocycles. The predicted molar refractivity (Wildman–Crippen MR) is 68.7 cm³/mol. The zero-order valence-electron chi connectivity index (χ0n) is 10.6. The fourth-order valence-electron chi connectivity index (χ4n) is 1.58. The lowest BCUT2D eigenvalue weighted by Crippen LogP contribution is -2.27.